The van der Waals surface area contributed by atoms with Gasteiger partial charge in [-0.25, -0.2) is 0 Å². The number of hydrogen-bond donors (Lipinski definition) is 0. The van der Waals surface area contributed by atoms with E-state index in [9.17, 15) is 14.9 Å². The van der Waals surface area contributed by atoms with Crippen molar-refractivity contribution in [3.8, 4) is 6.07 Å². The van der Waals surface area contributed by atoms with Gasteiger partial charge in [0.25, 0.3) is 0 Å². The molecule has 90 valence electrons. The molecule has 2 saturated heterocycles. The van der Waals surface area contributed by atoms with Crippen molar-refractivity contribution in [3.63, 3.8) is 0 Å². The van der Waals surface area contributed by atoms with Crippen molar-refractivity contribution in [3.05, 3.63) is 0 Å². The summed E-state index contributed by atoms with van der Waals surface area (Å²) in [5.74, 6) is -1.93. The Hall–Kier alpha value is -1.45. The highest BCUT2D eigenvalue weighted by Crippen LogP contribution is 2.65. The van der Waals surface area contributed by atoms with E-state index in [2.05, 4.69) is 0 Å². The molecule has 0 amide bonds. The molecule has 0 unspecified atom stereocenters. The first-order valence-electron chi connectivity index (χ1n) is 5.56. The molecule has 0 radical (unpaired) electrons. The first kappa shape index (κ1) is 10.7. The second-order valence-electron chi connectivity index (χ2n) is 4.45. The lowest BCUT2D eigenvalue weighted by Crippen LogP contribution is -2.30. The second kappa shape index (κ2) is 3.28. The van der Waals surface area contributed by atoms with E-state index in [1.165, 1.54) is 0 Å². The van der Waals surface area contributed by atoms with Crippen LogP contribution in [0.25, 0.3) is 0 Å². The van der Waals surface area contributed by atoms with E-state index >= 15 is 0 Å². The molecule has 0 N–H and O–H groups in total. The fourth-order valence-corrected chi connectivity index (χ4v) is 2.93. The summed E-state index contributed by atoms with van der Waals surface area (Å²) in [6.07, 6.45) is -1.24. The van der Waals surface area contributed by atoms with Gasteiger partial charge in [-0.15, -0.1) is 0 Å². The third-order valence-electron chi connectivity index (χ3n) is 3.71. The Morgan fingerprint density at radius 3 is 3.12 bits per heavy atom. The predicted octanol–water partition coefficient (Wildman–Crippen LogP) is -0.370. The average molecular weight is 237 g/mol. The molecule has 6 heteroatoms. The van der Waals surface area contributed by atoms with Gasteiger partial charge in [-0.05, 0) is 6.92 Å². The zero-order valence-electron chi connectivity index (χ0n) is 9.21. The monoisotopic (exact) mass is 237 g/mol. The van der Waals surface area contributed by atoms with Gasteiger partial charge < -0.3 is 14.2 Å². The number of hydrogen-bond acceptors (Lipinski definition) is 6. The van der Waals surface area contributed by atoms with E-state index in [0.717, 1.165) is 0 Å². The Morgan fingerprint density at radius 2 is 2.47 bits per heavy atom. The van der Waals surface area contributed by atoms with Crippen LogP contribution in [0.15, 0.2) is 0 Å². The number of ether oxygens (including phenoxy) is 3. The summed E-state index contributed by atoms with van der Waals surface area (Å²) < 4.78 is 15.4. The molecule has 3 rings (SSSR count). The Bertz CT molecular complexity index is 442. The summed E-state index contributed by atoms with van der Waals surface area (Å²) in [6, 6.07) is 1.96. The number of nitrogens with zero attached hydrogens (tertiary/aromatic N) is 1. The maximum absolute atomic E-state index is 11.9. The van der Waals surface area contributed by atoms with Crippen LogP contribution in [0.1, 0.15) is 6.92 Å². The van der Waals surface area contributed by atoms with Crippen molar-refractivity contribution in [2.75, 3.05) is 13.2 Å². The van der Waals surface area contributed by atoms with Gasteiger partial charge >= 0.3 is 5.97 Å². The molecule has 3 aliphatic rings. The largest absolute Gasteiger partial charge is 0.465 e. The molecule has 17 heavy (non-hydrogen) atoms. The number of rotatable bonds is 2. The molecule has 2 aliphatic heterocycles. The predicted molar refractivity (Wildman–Crippen MR) is 51.3 cm³/mol. The summed E-state index contributed by atoms with van der Waals surface area (Å²) >= 11 is 0. The highest BCUT2D eigenvalue weighted by molar-refractivity contribution is 6.00. The van der Waals surface area contributed by atoms with Gasteiger partial charge in [0.1, 0.15) is 0 Å². The standard InChI is InChI=1S/C11H11NO5/c1-2-15-10(14)11(4-12)6-5-3-16-9(17-5)8(13)7(6)11/h5-7,9H,2-3H2,1H3/t5-,6-,7-,9-,11+/m1/s1. The van der Waals surface area contributed by atoms with Crippen LogP contribution >= 0.6 is 0 Å². The van der Waals surface area contributed by atoms with Crippen LogP contribution < -0.4 is 0 Å². The average Bonchev–Trinajstić information content (AvgIpc) is 2.84. The van der Waals surface area contributed by atoms with Crippen LogP contribution in [-0.2, 0) is 23.8 Å². The third-order valence-corrected chi connectivity index (χ3v) is 3.71. The minimum atomic E-state index is -1.34. The Balaban J connectivity index is 1.94. The van der Waals surface area contributed by atoms with Crippen molar-refractivity contribution < 1.29 is 23.8 Å². The van der Waals surface area contributed by atoms with Crippen molar-refractivity contribution in [2.45, 2.75) is 19.3 Å². The maximum atomic E-state index is 11.9. The van der Waals surface area contributed by atoms with Gasteiger partial charge in [0.05, 0.1) is 31.3 Å². The number of ketones is 1. The van der Waals surface area contributed by atoms with Gasteiger partial charge in [0.2, 0.25) is 6.29 Å². The van der Waals surface area contributed by atoms with E-state index in [4.69, 9.17) is 14.2 Å². The fourth-order valence-electron chi connectivity index (χ4n) is 2.93. The van der Waals surface area contributed by atoms with Crippen LogP contribution in [0.3, 0.4) is 0 Å². The molecular formula is C11H11NO5. The number of fused-ring (bicyclic) bond motifs is 4. The number of carbonyl (C=O) groups excluding carboxylic acids is 2. The molecular weight excluding hydrogens is 226 g/mol. The van der Waals surface area contributed by atoms with Gasteiger partial charge in [0, 0.05) is 5.92 Å². The van der Waals surface area contributed by atoms with Gasteiger partial charge in [-0.1, -0.05) is 0 Å². The van der Waals surface area contributed by atoms with E-state index in [-0.39, 0.29) is 25.1 Å². The summed E-state index contributed by atoms with van der Waals surface area (Å²) in [5, 5.41) is 9.23. The highest BCUT2D eigenvalue weighted by atomic mass is 16.7. The lowest BCUT2D eigenvalue weighted by atomic mass is 10.0. The van der Waals surface area contributed by atoms with Crippen LogP contribution in [0, 0.1) is 28.6 Å². The Morgan fingerprint density at radius 1 is 1.71 bits per heavy atom. The molecule has 3 fully saturated rings. The fraction of sp³-hybridized carbons (Fsp3) is 0.727. The Kier molecular flexibility index (Phi) is 2.06. The summed E-state index contributed by atoms with van der Waals surface area (Å²) in [7, 11) is 0. The zero-order valence-corrected chi connectivity index (χ0v) is 9.21. The molecule has 0 spiro atoms. The van der Waals surface area contributed by atoms with Gasteiger partial charge in [0.15, 0.2) is 11.2 Å². The molecule has 5 atom stereocenters. The molecule has 6 nitrogen and oxygen atoms in total. The quantitative estimate of drug-likeness (QED) is 0.609. The third kappa shape index (κ3) is 1.10. The molecule has 0 aromatic carbocycles. The number of carbonyl (C=O) groups is 2. The number of nitriles is 1. The molecule has 2 bridgehead atoms. The minimum Gasteiger partial charge on any atom is -0.465 e. The van der Waals surface area contributed by atoms with Crippen molar-refractivity contribution in [1.29, 1.82) is 5.26 Å². The van der Waals surface area contributed by atoms with Crippen LogP contribution in [0.5, 0.6) is 0 Å². The van der Waals surface area contributed by atoms with E-state index in [0.29, 0.717) is 0 Å². The van der Waals surface area contributed by atoms with Gasteiger partial charge in [-0.3, -0.25) is 9.59 Å². The smallest absolute Gasteiger partial charge is 0.327 e. The topological polar surface area (TPSA) is 85.6 Å². The van der Waals surface area contributed by atoms with E-state index in [1.807, 2.05) is 6.07 Å². The highest BCUT2D eigenvalue weighted by Gasteiger charge is 2.81. The molecule has 1 saturated carbocycles. The van der Waals surface area contributed by atoms with Gasteiger partial charge in [-0.2, -0.15) is 5.26 Å². The summed E-state index contributed by atoms with van der Waals surface area (Å²) in [6.45, 7) is 2.13. The zero-order chi connectivity index (χ0) is 12.2. The molecule has 2 heterocycles. The lowest BCUT2D eigenvalue weighted by Gasteiger charge is -2.13. The lowest BCUT2D eigenvalue weighted by molar-refractivity contribution is -0.154. The normalized spacial score (nSPS) is 46.0. The minimum absolute atomic E-state index is 0.196. The number of Topliss-reactive ketones (excluding diaryl/α,β-unsaturated/α-hetero) is 1. The summed E-state index contributed by atoms with van der Waals surface area (Å²) in [5.41, 5.74) is -1.34. The van der Waals surface area contributed by atoms with E-state index < -0.39 is 29.5 Å². The first-order chi connectivity index (χ1) is 8.16. The Labute approximate surface area is 97.4 Å². The summed E-state index contributed by atoms with van der Waals surface area (Å²) in [4.78, 5) is 23.8. The first-order valence-corrected chi connectivity index (χ1v) is 5.56. The van der Waals surface area contributed by atoms with Crippen LogP contribution in [-0.4, -0.2) is 37.4 Å². The van der Waals surface area contributed by atoms with Crippen molar-refractivity contribution in [2.24, 2.45) is 17.3 Å². The van der Waals surface area contributed by atoms with Crippen molar-refractivity contribution in [1.82, 2.24) is 0 Å². The molecule has 0 aromatic heterocycles. The van der Waals surface area contributed by atoms with Crippen LogP contribution in [0.2, 0.25) is 0 Å². The SMILES string of the molecule is CCOC(=O)[C@@]1(C#N)[C@@H]2[C@H]3CO[C@H](O3)C(=O)[C@@H]21. The van der Waals surface area contributed by atoms with Crippen LogP contribution in [0.4, 0.5) is 0 Å². The molecule has 0 aromatic rings. The van der Waals surface area contributed by atoms with Crippen molar-refractivity contribution >= 4 is 11.8 Å². The van der Waals surface area contributed by atoms with E-state index in [1.54, 1.807) is 6.92 Å². The maximum Gasteiger partial charge on any atom is 0.327 e. The molecule has 1 aliphatic carbocycles. The number of esters is 1. The second-order valence-corrected chi connectivity index (χ2v) is 4.45.